The molecule has 0 radical (unpaired) electrons. The predicted octanol–water partition coefficient (Wildman–Crippen LogP) is 4.97. The molecule has 0 N–H and O–H groups in total. The van der Waals surface area contributed by atoms with Crippen molar-refractivity contribution < 1.29 is 8.81 Å². The van der Waals surface area contributed by atoms with E-state index in [-0.39, 0.29) is 10.6 Å². The Morgan fingerprint density at radius 1 is 1.31 bits per heavy atom. The van der Waals surface area contributed by atoms with Gasteiger partial charge in [0.1, 0.15) is 11.6 Å². The van der Waals surface area contributed by atoms with Crippen LogP contribution in [-0.2, 0) is 0 Å². The number of hydrogen-bond donors (Lipinski definition) is 0. The van der Waals surface area contributed by atoms with Crippen LogP contribution in [0.5, 0.6) is 0 Å². The molecule has 0 amide bonds. The Balaban J connectivity index is 2.38. The van der Waals surface area contributed by atoms with Crippen molar-refractivity contribution in [1.29, 1.82) is 0 Å². The molecule has 84 valence electrons. The summed E-state index contributed by atoms with van der Waals surface area (Å²) in [4.78, 5) is 0.0168. The van der Waals surface area contributed by atoms with Crippen molar-refractivity contribution >= 4 is 31.9 Å². The third kappa shape index (κ3) is 2.23. The summed E-state index contributed by atoms with van der Waals surface area (Å²) in [5, 5.41) is 0. The summed E-state index contributed by atoms with van der Waals surface area (Å²) in [7, 11) is 0. The first-order chi connectivity index (χ1) is 7.59. The SMILES string of the molecule is Cc1occc1C(Br)c1ccc(F)c(Br)c1. The number of hydrogen-bond acceptors (Lipinski definition) is 1. The minimum absolute atomic E-state index is 0.0168. The highest BCUT2D eigenvalue weighted by molar-refractivity contribution is 9.10. The quantitative estimate of drug-likeness (QED) is 0.699. The number of halogens is 3. The van der Waals surface area contributed by atoms with Gasteiger partial charge >= 0.3 is 0 Å². The molecule has 0 aliphatic heterocycles. The van der Waals surface area contributed by atoms with Gasteiger partial charge in [0.15, 0.2) is 0 Å². The van der Waals surface area contributed by atoms with Crippen LogP contribution in [0.25, 0.3) is 0 Å². The lowest BCUT2D eigenvalue weighted by Gasteiger charge is -2.10. The highest BCUT2D eigenvalue weighted by Crippen LogP contribution is 2.34. The van der Waals surface area contributed by atoms with Crippen molar-refractivity contribution in [3.8, 4) is 0 Å². The highest BCUT2D eigenvalue weighted by atomic mass is 79.9. The van der Waals surface area contributed by atoms with Crippen LogP contribution in [0.15, 0.2) is 39.4 Å². The van der Waals surface area contributed by atoms with Gasteiger partial charge in [-0.05, 0) is 46.6 Å². The summed E-state index contributed by atoms with van der Waals surface area (Å²) in [5.41, 5.74) is 2.04. The lowest BCUT2D eigenvalue weighted by Crippen LogP contribution is -1.93. The largest absolute Gasteiger partial charge is 0.469 e. The monoisotopic (exact) mass is 346 g/mol. The van der Waals surface area contributed by atoms with Crippen molar-refractivity contribution in [2.45, 2.75) is 11.8 Å². The van der Waals surface area contributed by atoms with Gasteiger partial charge in [0.2, 0.25) is 0 Å². The number of furan rings is 1. The van der Waals surface area contributed by atoms with Gasteiger partial charge in [0, 0.05) is 5.56 Å². The van der Waals surface area contributed by atoms with Crippen molar-refractivity contribution in [3.63, 3.8) is 0 Å². The second-order valence-corrected chi connectivity index (χ2v) is 5.24. The predicted molar refractivity (Wildman–Crippen MR) is 68.3 cm³/mol. The third-order valence-corrected chi connectivity index (χ3v) is 4.04. The molecule has 1 heterocycles. The second kappa shape index (κ2) is 4.72. The Morgan fingerprint density at radius 3 is 2.62 bits per heavy atom. The molecule has 2 aromatic rings. The molecule has 1 unspecified atom stereocenters. The first-order valence-electron chi connectivity index (χ1n) is 4.72. The van der Waals surface area contributed by atoms with Crippen LogP contribution in [0.1, 0.15) is 21.7 Å². The third-order valence-electron chi connectivity index (χ3n) is 2.41. The van der Waals surface area contributed by atoms with E-state index in [0.717, 1.165) is 16.9 Å². The van der Waals surface area contributed by atoms with E-state index in [2.05, 4.69) is 31.9 Å². The normalized spacial score (nSPS) is 12.8. The number of alkyl halides is 1. The van der Waals surface area contributed by atoms with Crippen molar-refractivity contribution in [3.05, 3.63) is 57.7 Å². The molecule has 0 aliphatic carbocycles. The molecule has 1 aromatic heterocycles. The standard InChI is InChI=1S/C12H9Br2FO/c1-7-9(4-5-16-7)12(14)8-2-3-11(15)10(13)6-8/h2-6,12H,1H3. The zero-order chi connectivity index (χ0) is 11.7. The topological polar surface area (TPSA) is 13.1 Å². The first kappa shape index (κ1) is 11.9. The van der Waals surface area contributed by atoms with Crippen molar-refractivity contribution in [2.75, 3.05) is 0 Å². The highest BCUT2D eigenvalue weighted by Gasteiger charge is 2.15. The molecule has 0 aliphatic rings. The summed E-state index contributed by atoms with van der Waals surface area (Å²) < 4.78 is 18.8. The minimum Gasteiger partial charge on any atom is -0.469 e. The Morgan fingerprint density at radius 2 is 2.06 bits per heavy atom. The molecule has 0 fully saturated rings. The molecule has 1 atom stereocenters. The maximum absolute atomic E-state index is 13.1. The van der Waals surface area contributed by atoms with Gasteiger partial charge in [0.25, 0.3) is 0 Å². The zero-order valence-corrected chi connectivity index (χ0v) is 11.7. The molecule has 0 spiro atoms. The molecule has 4 heteroatoms. The van der Waals surface area contributed by atoms with Crippen LogP contribution in [-0.4, -0.2) is 0 Å². The summed E-state index contributed by atoms with van der Waals surface area (Å²) in [6.45, 7) is 1.90. The maximum atomic E-state index is 13.1. The molecule has 1 aromatic carbocycles. The summed E-state index contributed by atoms with van der Waals surface area (Å²) in [6.07, 6.45) is 1.65. The van der Waals surface area contributed by atoms with E-state index in [1.54, 1.807) is 18.4 Å². The lowest BCUT2D eigenvalue weighted by atomic mass is 10.1. The molecule has 16 heavy (non-hydrogen) atoms. The second-order valence-electron chi connectivity index (χ2n) is 3.47. The van der Waals surface area contributed by atoms with E-state index in [1.165, 1.54) is 6.07 Å². The molecule has 2 rings (SSSR count). The van der Waals surface area contributed by atoms with E-state index in [4.69, 9.17) is 4.42 Å². The fourth-order valence-corrected chi connectivity index (χ4v) is 2.66. The van der Waals surface area contributed by atoms with Crippen molar-refractivity contribution in [2.24, 2.45) is 0 Å². The Bertz CT molecular complexity index is 507. The summed E-state index contributed by atoms with van der Waals surface area (Å²) in [5.74, 6) is 0.606. The van der Waals surface area contributed by atoms with E-state index in [9.17, 15) is 4.39 Å². The van der Waals surface area contributed by atoms with E-state index < -0.39 is 0 Å². The Hall–Kier alpha value is -0.610. The van der Waals surface area contributed by atoms with Gasteiger partial charge in [-0.1, -0.05) is 22.0 Å². The average molecular weight is 348 g/mol. The zero-order valence-electron chi connectivity index (χ0n) is 8.51. The molecule has 0 saturated heterocycles. The van der Waals surface area contributed by atoms with Crippen LogP contribution in [0.3, 0.4) is 0 Å². The fourth-order valence-electron chi connectivity index (χ4n) is 1.51. The van der Waals surface area contributed by atoms with Gasteiger partial charge in [0.05, 0.1) is 15.6 Å². The van der Waals surface area contributed by atoms with Gasteiger partial charge in [-0.15, -0.1) is 0 Å². The van der Waals surface area contributed by atoms with Crippen LogP contribution in [0, 0.1) is 12.7 Å². The average Bonchev–Trinajstić information content (AvgIpc) is 2.67. The fraction of sp³-hybridized carbons (Fsp3) is 0.167. The lowest BCUT2D eigenvalue weighted by molar-refractivity contribution is 0.530. The van der Waals surface area contributed by atoms with E-state index in [1.807, 2.05) is 13.0 Å². The number of benzene rings is 1. The minimum atomic E-state index is -0.257. The molecule has 0 saturated carbocycles. The van der Waals surface area contributed by atoms with Crippen LogP contribution < -0.4 is 0 Å². The molecular weight excluding hydrogens is 339 g/mol. The van der Waals surface area contributed by atoms with Gasteiger partial charge < -0.3 is 4.42 Å². The summed E-state index contributed by atoms with van der Waals surface area (Å²) >= 11 is 6.76. The molecule has 0 bridgehead atoms. The number of rotatable bonds is 2. The number of aryl methyl sites for hydroxylation is 1. The van der Waals surface area contributed by atoms with E-state index >= 15 is 0 Å². The maximum Gasteiger partial charge on any atom is 0.137 e. The molecular formula is C12H9Br2FO. The summed E-state index contributed by atoms with van der Waals surface area (Å²) in [6, 6.07) is 6.88. The Labute approximate surface area is 110 Å². The smallest absolute Gasteiger partial charge is 0.137 e. The molecule has 1 nitrogen and oxygen atoms in total. The first-order valence-corrected chi connectivity index (χ1v) is 6.43. The Kier molecular flexibility index (Phi) is 3.50. The van der Waals surface area contributed by atoms with Crippen LogP contribution in [0.4, 0.5) is 4.39 Å². The van der Waals surface area contributed by atoms with Gasteiger partial charge in [-0.3, -0.25) is 0 Å². The van der Waals surface area contributed by atoms with Gasteiger partial charge in [-0.2, -0.15) is 0 Å². The van der Waals surface area contributed by atoms with Crippen LogP contribution in [0.2, 0.25) is 0 Å². The van der Waals surface area contributed by atoms with E-state index in [0.29, 0.717) is 4.47 Å². The van der Waals surface area contributed by atoms with Crippen LogP contribution >= 0.6 is 31.9 Å². The van der Waals surface area contributed by atoms with Gasteiger partial charge in [-0.25, -0.2) is 4.39 Å². The van der Waals surface area contributed by atoms with Crippen molar-refractivity contribution in [1.82, 2.24) is 0 Å².